The first kappa shape index (κ1) is 22.7. The van der Waals surface area contributed by atoms with Crippen molar-refractivity contribution in [3.05, 3.63) is 53.6 Å². The first-order chi connectivity index (χ1) is 14.2. The van der Waals surface area contributed by atoms with E-state index >= 15 is 0 Å². The molecular formula is C22H26N2O6. The summed E-state index contributed by atoms with van der Waals surface area (Å²) in [7, 11) is 1.48. The SMILES string of the molecule is COc1cc(C(=O)NNC(=O)C(C)Oc2ccc(C(C)=O)cc2)ccc1OC(C)C. The summed E-state index contributed by atoms with van der Waals surface area (Å²) in [5.74, 6) is 0.246. The molecule has 2 aromatic rings. The van der Waals surface area contributed by atoms with Crippen LogP contribution < -0.4 is 25.1 Å². The molecule has 8 heteroatoms. The summed E-state index contributed by atoms with van der Waals surface area (Å²) in [5.41, 5.74) is 5.50. The number of hydrazine groups is 1. The lowest BCUT2D eigenvalue weighted by atomic mass is 10.1. The summed E-state index contributed by atoms with van der Waals surface area (Å²) < 4.78 is 16.4. The largest absolute Gasteiger partial charge is 0.493 e. The Morgan fingerprint density at radius 2 is 1.47 bits per heavy atom. The number of ketones is 1. The number of carbonyl (C=O) groups excluding carboxylic acids is 3. The molecule has 0 aromatic heterocycles. The molecule has 1 atom stereocenters. The van der Waals surface area contributed by atoms with Crippen LogP contribution in [0.1, 0.15) is 48.4 Å². The fraction of sp³-hybridized carbons (Fsp3) is 0.318. The number of carbonyl (C=O) groups is 3. The van der Waals surface area contributed by atoms with Crippen molar-refractivity contribution in [1.82, 2.24) is 10.9 Å². The Morgan fingerprint density at radius 1 is 0.833 bits per heavy atom. The van der Waals surface area contributed by atoms with E-state index in [9.17, 15) is 14.4 Å². The van der Waals surface area contributed by atoms with Gasteiger partial charge < -0.3 is 14.2 Å². The van der Waals surface area contributed by atoms with Crippen LogP contribution in [0.4, 0.5) is 0 Å². The van der Waals surface area contributed by atoms with Crippen LogP contribution in [0.3, 0.4) is 0 Å². The van der Waals surface area contributed by atoms with Gasteiger partial charge in [-0.3, -0.25) is 25.2 Å². The van der Waals surface area contributed by atoms with Crippen LogP contribution in [0.25, 0.3) is 0 Å². The van der Waals surface area contributed by atoms with Crippen molar-refractivity contribution in [2.75, 3.05) is 7.11 Å². The molecule has 2 aromatic carbocycles. The number of ether oxygens (including phenoxy) is 3. The topological polar surface area (TPSA) is 103 Å². The van der Waals surface area contributed by atoms with Gasteiger partial charge in [0.15, 0.2) is 23.4 Å². The maximum absolute atomic E-state index is 12.3. The molecule has 0 fully saturated rings. The van der Waals surface area contributed by atoms with Crippen LogP contribution in [0.2, 0.25) is 0 Å². The zero-order chi connectivity index (χ0) is 22.3. The number of benzene rings is 2. The molecule has 8 nitrogen and oxygen atoms in total. The number of amides is 2. The van der Waals surface area contributed by atoms with Crippen LogP contribution in [0.5, 0.6) is 17.2 Å². The molecule has 0 aliphatic heterocycles. The van der Waals surface area contributed by atoms with E-state index in [1.165, 1.54) is 20.1 Å². The van der Waals surface area contributed by atoms with Crippen molar-refractivity contribution < 1.29 is 28.6 Å². The lowest BCUT2D eigenvalue weighted by Crippen LogP contribution is -2.47. The molecule has 2 amide bonds. The van der Waals surface area contributed by atoms with E-state index in [4.69, 9.17) is 14.2 Å². The van der Waals surface area contributed by atoms with Crippen molar-refractivity contribution in [3.63, 3.8) is 0 Å². The minimum atomic E-state index is -0.871. The van der Waals surface area contributed by atoms with Gasteiger partial charge in [-0.05, 0) is 70.2 Å². The lowest BCUT2D eigenvalue weighted by Gasteiger charge is -2.16. The van der Waals surface area contributed by atoms with Crippen molar-refractivity contribution >= 4 is 17.6 Å². The smallest absolute Gasteiger partial charge is 0.279 e. The summed E-state index contributed by atoms with van der Waals surface area (Å²) >= 11 is 0. The summed E-state index contributed by atoms with van der Waals surface area (Å²) in [6.07, 6.45) is -0.914. The third-order valence-corrected chi connectivity index (χ3v) is 4.03. The van der Waals surface area contributed by atoms with Gasteiger partial charge in [-0.15, -0.1) is 0 Å². The van der Waals surface area contributed by atoms with E-state index in [0.29, 0.717) is 22.8 Å². The fourth-order valence-corrected chi connectivity index (χ4v) is 2.48. The minimum Gasteiger partial charge on any atom is -0.493 e. The molecule has 0 radical (unpaired) electrons. The van der Waals surface area contributed by atoms with Gasteiger partial charge in [-0.25, -0.2) is 0 Å². The molecule has 0 bridgehead atoms. The predicted molar refractivity (Wildman–Crippen MR) is 111 cm³/mol. The highest BCUT2D eigenvalue weighted by Crippen LogP contribution is 2.28. The number of hydrogen-bond donors (Lipinski definition) is 2. The molecule has 160 valence electrons. The van der Waals surface area contributed by atoms with Gasteiger partial charge in [0, 0.05) is 11.1 Å². The normalized spacial score (nSPS) is 11.4. The number of nitrogens with one attached hydrogen (secondary N) is 2. The quantitative estimate of drug-likeness (QED) is 0.509. The molecule has 2 rings (SSSR count). The second-order valence-corrected chi connectivity index (χ2v) is 6.82. The molecule has 0 aliphatic rings. The Hall–Kier alpha value is -3.55. The zero-order valence-electron chi connectivity index (χ0n) is 17.6. The third kappa shape index (κ3) is 6.23. The summed E-state index contributed by atoms with van der Waals surface area (Å²) in [4.78, 5) is 35.8. The Balaban J connectivity index is 1.93. The molecule has 0 saturated heterocycles. The predicted octanol–water partition coefficient (Wildman–Crippen LogP) is 2.91. The molecule has 2 N–H and O–H groups in total. The van der Waals surface area contributed by atoms with Crippen molar-refractivity contribution in [2.45, 2.75) is 39.9 Å². The zero-order valence-corrected chi connectivity index (χ0v) is 17.6. The fourth-order valence-electron chi connectivity index (χ4n) is 2.48. The average Bonchev–Trinajstić information content (AvgIpc) is 2.71. The van der Waals surface area contributed by atoms with Crippen LogP contribution >= 0.6 is 0 Å². The molecule has 30 heavy (non-hydrogen) atoms. The second-order valence-electron chi connectivity index (χ2n) is 6.82. The van der Waals surface area contributed by atoms with E-state index in [1.54, 1.807) is 43.3 Å². The van der Waals surface area contributed by atoms with Crippen molar-refractivity contribution in [1.29, 1.82) is 0 Å². The monoisotopic (exact) mass is 414 g/mol. The number of hydrogen-bond acceptors (Lipinski definition) is 6. The highest BCUT2D eigenvalue weighted by Gasteiger charge is 2.17. The molecular weight excluding hydrogens is 388 g/mol. The molecule has 0 aliphatic carbocycles. The lowest BCUT2D eigenvalue weighted by molar-refractivity contribution is -0.128. The summed E-state index contributed by atoms with van der Waals surface area (Å²) in [6.45, 7) is 6.78. The first-order valence-electron chi connectivity index (χ1n) is 9.43. The van der Waals surface area contributed by atoms with E-state index in [1.807, 2.05) is 13.8 Å². The number of Topliss-reactive ketones (excluding diaryl/α,β-unsaturated/α-hetero) is 1. The maximum atomic E-state index is 12.3. The van der Waals surface area contributed by atoms with Crippen LogP contribution in [-0.4, -0.2) is 36.9 Å². The molecule has 1 unspecified atom stereocenters. The number of rotatable bonds is 8. The van der Waals surface area contributed by atoms with Gasteiger partial charge in [0.25, 0.3) is 11.8 Å². The Labute approximate surface area is 175 Å². The van der Waals surface area contributed by atoms with E-state index in [-0.39, 0.29) is 17.5 Å². The van der Waals surface area contributed by atoms with E-state index in [0.717, 1.165) is 0 Å². The van der Waals surface area contributed by atoms with E-state index < -0.39 is 17.9 Å². The number of methoxy groups -OCH3 is 1. The van der Waals surface area contributed by atoms with Crippen molar-refractivity contribution in [2.24, 2.45) is 0 Å². The Morgan fingerprint density at radius 3 is 2.03 bits per heavy atom. The van der Waals surface area contributed by atoms with Crippen molar-refractivity contribution in [3.8, 4) is 17.2 Å². The molecule has 0 saturated carbocycles. The van der Waals surface area contributed by atoms with Gasteiger partial charge in [0.2, 0.25) is 0 Å². The van der Waals surface area contributed by atoms with Crippen LogP contribution in [-0.2, 0) is 4.79 Å². The van der Waals surface area contributed by atoms with Gasteiger partial charge >= 0.3 is 0 Å². The minimum absolute atomic E-state index is 0.0435. The van der Waals surface area contributed by atoms with Crippen LogP contribution in [0.15, 0.2) is 42.5 Å². The highest BCUT2D eigenvalue weighted by atomic mass is 16.5. The van der Waals surface area contributed by atoms with Gasteiger partial charge in [0.1, 0.15) is 5.75 Å². The van der Waals surface area contributed by atoms with Gasteiger partial charge in [-0.2, -0.15) is 0 Å². The first-order valence-corrected chi connectivity index (χ1v) is 9.43. The third-order valence-electron chi connectivity index (χ3n) is 4.03. The summed E-state index contributed by atoms with van der Waals surface area (Å²) in [6, 6.07) is 11.2. The average molecular weight is 414 g/mol. The summed E-state index contributed by atoms with van der Waals surface area (Å²) in [5, 5.41) is 0. The Bertz CT molecular complexity index is 908. The standard InChI is InChI=1S/C22H26N2O6/c1-13(2)29-19-11-8-17(12-20(19)28-5)22(27)24-23-21(26)15(4)30-18-9-6-16(7-10-18)14(3)25/h6-13,15H,1-5H3,(H,23,26)(H,24,27). The molecule has 0 spiro atoms. The second kappa shape index (κ2) is 10.3. The maximum Gasteiger partial charge on any atom is 0.279 e. The highest BCUT2D eigenvalue weighted by molar-refractivity contribution is 5.96. The van der Waals surface area contributed by atoms with Gasteiger partial charge in [0.05, 0.1) is 13.2 Å². The van der Waals surface area contributed by atoms with Gasteiger partial charge in [-0.1, -0.05) is 0 Å². The Kier molecular flexibility index (Phi) is 7.80. The van der Waals surface area contributed by atoms with Crippen LogP contribution in [0, 0.1) is 0 Å². The molecule has 0 heterocycles. The van der Waals surface area contributed by atoms with E-state index in [2.05, 4.69) is 10.9 Å².